The van der Waals surface area contributed by atoms with Crippen molar-refractivity contribution in [2.24, 2.45) is 0 Å². The molecule has 1 heterocycles. The van der Waals surface area contributed by atoms with Crippen LogP contribution < -0.4 is 4.72 Å². The fraction of sp³-hybridized carbons (Fsp3) is 0.125. The van der Waals surface area contributed by atoms with Crippen LogP contribution in [0.25, 0.3) is 5.69 Å². The van der Waals surface area contributed by atoms with Crippen LogP contribution >= 0.6 is 0 Å². The summed E-state index contributed by atoms with van der Waals surface area (Å²) in [6, 6.07) is 6.68. The van der Waals surface area contributed by atoms with E-state index >= 15 is 0 Å². The van der Waals surface area contributed by atoms with Gasteiger partial charge in [-0.05, 0) is 53.7 Å². The lowest BCUT2D eigenvalue weighted by Crippen LogP contribution is -2.15. The topological polar surface area (TPSA) is 136 Å². The Labute approximate surface area is 158 Å². The number of halogens is 1. The highest BCUT2D eigenvalue weighted by molar-refractivity contribution is 7.92. The molecule has 0 radical (unpaired) electrons. The summed E-state index contributed by atoms with van der Waals surface area (Å²) in [5.74, 6) is -1.78. The third kappa shape index (κ3) is 3.62. The van der Waals surface area contributed by atoms with Crippen LogP contribution in [0.2, 0.25) is 0 Å². The molecule has 0 saturated heterocycles. The van der Waals surface area contributed by atoms with E-state index in [2.05, 4.69) is 25.0 Å². The number of tetrazole rings is 1. The minimum atomic E-state index is -4.28. The van der Waals surface area contributed by atoms with Crippen LogP contribution in [-0.4, -0.2) is 46.8 Å². The number of anilines is 1. The number of aromatic hydroxyl groups is 1. The van der Waals surface area contributed by atoms with Gasteiger partial charge in [0.05, 0.1) is 23.4 Å². The smallest absolute Gasteiger partial charge is 0.341 e. The largest absolute Gasteiger partial charge is 0.507 e. The van der Waals surface area contributed by atoms with E-state index in [0.29, 0.717) is 11.5 Å². The first-order valence-electron chi connectivity index (χ1n) is 7.72. The average molecular weight is 407 g/mol. The number of methoxy groups -OCH3 is 1. The summed E-state index contributed by atoms with van der Waals surface area (Å²) in [6.07, 6.45) is 0. The fourth-order valence-electron chi connectivity index (χ4n) is 2.35. The molecule has 0 aliphatic rings. The van der Waals surface area contributed by atoms with Crippen LogP contribution in [0.4, 0.5) is 10.1 Å². The van der Waals surface area contributed by atoms with E-state index in [1.807, 2.05) is 0 Å². The zero-order valence-electron chi connectivity index (χ0n) is 14.6. The molecule has 2 aromatic carbocycles. The molecule has 0 amide bonds. The molecular formula is C16H14FN5O5S. The number of ether oxygens (including phenoxy) is 1. The molecule has 3 rings (SSSR count). The Morgan fingerprint density at radius 3 is 2.64 bits per heavy atom. The van der Waals surface area contributed by atoms with Gasteiger partial charge in [0.25, 0.3) is 10.0 Å². The molecule has 0 bridgehead atoms. The number of phenols is 1. The van der Waals surface area contributed by atoms with Crippen LogP contribution in [0.5, 0.6) is 5.75 Å². The van der Waals surface area contributed by atoms with E-state index < -0.39 is 27.6 Å². The summed E-state index contributed by atoms with van der Waals surface area (Å²) >= 11 is 0. The Morgan fingerprint density at radius 2 is 2.00 bits per heavy atom. The monoisotopic (exact) mass is 407 g/mol. The Hall–Kier alpha value is -3.54. The van der Waals surface area contributed by atoms with Crippen molar-refractivity contribution in [3.63, 3.8) is 0 Å². The number of aromatic nitrogens is 4. The number of hydrogen-bond donors (Lipinski definition) is 2. The zero-order chi connectivity index (χ0) is 20.5. The average Bonchev–Trinajstić information content (AvgIpc) is 3.09. The number of carbonyl (C=O) groups excluding carboxylic acids is 1. The molecule has 28 heavy (non-hydrogen) atoms. The Balaban J connectivity index is 1.99. The summed E-state index contributed by atoms with van der Waals surface area (Å²) in [5.41, 5.74) is -0.355. The minimum absolute atomic E-state index is 0.336. The van der Waals surface area contributed by atoms with Crippen molar-refractivity contribution in [3.8, 4) is 11.4 Å². The number of rotatable bonds is 5. The molecule has 0 atom stereocenters. The van der Waals surface area contributed by atoms with Gasteiger partial charge in [-0.1, -0.05) is 0 Å². The predicted molar refractivity (Wildman–Crippen MR) is 94.1 cm³/mol. The lowest BCUT2D eigenvalue weighted by molar-refractivity contribution is 0.0597. The van der Waals surface area contributed by atoms with Crippen molar-refractivity contribution in [2.75, 3.05) is 11.8 Å². The van der Waals surface area contributed by atoms with Gasteiger partial charge in [-0.2, -0.15) is 4.68 Å². The number of nitrogens with one attached hydrogen (secondary N) is 1. The maximum Gasteiger partial charge on any atom is 0.341 e. The maximum atomic E-state index is 14.2. The van der Waals surface area contributed by atoms with Crippen molar-refractivity contribution in [1.29, 1.82) is 0 Å². The first-order valence-corrected chi connectivity index (χ1v) is 9.20. The number of sulfonamides is 1. The van der Waals surface area contributed by atoms with Gasteiger partial charge in [0.1, 0.15) is 17.1 Å². The van der Waals surface area contributed by atoms with Gasteiger partial charge in [-0.25, -0.2) is 17.6 Å². The van der Waals surface area contributed by atoms with Crippen molar-refractivity contribution >= 4 is 21.7 Å². The van der Waals surface area contributed by atoms with Crippen LogP contribution in [0.1, 0.15) is 16.2 Å². The molecule has 146 valence electrons. The highest BCUT2D eigenvalue weighted by atomic mass is 32.2. The quantitative estimate of drug-likeness (QED) is 0.606. The number of benzene rings is 2. The Morgan fingerprint density at radius 1 is 1.25 bits per heavy atom. The van der Waals surface area contributed by atoms with E-state index in [9.17, 15) is 22.7 Å². The van der Waals surface area contributed by atoms with Gasteiger partial charge in [-0.15, -0.1) is 5.10 Å². The van der Waals surface area contributed by atoms with Gasteiger partial charge < -0.3 is 9.84 Å². The molecule has 0 aliphatic heterocycles. The molecule has 12 heteroatoms. The first-order chi connectivity index (χ1) is 13.2. The van der Waals surface area contributed by atoms with E-state index in [4.69, 9.17) is 0 Å². The highest BCUT2D eigenvalue weighted by Crippen LogP contribution is 2.26. The van der Waals surface area contributed by atoms with Gasteiger partial charge in [0, 0.05) is 0 Å². The molecule has 3 aromatic rings. The molecule has 0 fully saturated rings. The molecule has 0 aliphatic carbocycles. The summed E-state index contributed by atoms with van der Waals surface area (Å²) < 4.78 is 47.4. The third-order valence-corrected chi connectivity index (χ3v) is 5.11. The second-order valence-corrected chi connectivity index (χ2v) is 7.26. The van der Waals surface area contributed by atoms with Gasteiger partial charge >= 0.3 is 5.97 Å². The van der Waals surface area contributed by atoms with E-state index in [1.165, 1.54) is 16.8 Å². The minimum Gasteiger partial charge on any atom is -0.507 e. The molecule has 1 aromatic heterocycles. The second kappa shape index (κ2) is 7.23. The number of carbonyl (C=O) groups is 1. The van der Waals surface area contributed by atoms with Crippen molar-refractivity contribution < 1.29 is 27.4 Å². The molecule has 2 N–H and O–H groups in total. The van der Waals surface area contributed by atoms with Gasteiger partial charge in [0.15, 0.2) is 5.82 Å². The summed E-state index contributed by atoms with van der Waals surface area (Å²) in [6.45, 7) is 1.62. The molecule has 0 unspecified atom stereocenters. The van der Waals surface area contributed by atoms with Crippen LogP contribution in [-0.2, 0) is 14.8 Å². The SMILES string of the molecule is COC(=O)c1cc(S(=O)(=O)Nc2cc(-n3nnnc3C)ccc2F)ccc1O. The third-order valence-electron chi connectivity index (χ3n) is 3.75. The normalized spacial score (nSPS) is 11.2. The van der Waals surface area contributed by atoms with Gasteiger partial charge in [-0.3, -0.25) is 4.72 Å². The predicted octanol–water partition coefficient (Wildman–Crippen LogP) is 1.40. The standard InChI is InChI=1S/C16H14FN5O5S/c1-9-18-20-21-22(9)10-3-5-13(17)14(7-10)19-28(25,26)11-4-6-15(23)12(8-11)16(24)27-2/h3-8,19,23H,1-2H3. The van der Waals surface area contributed by atoms with Gasteiger partial charge in [0.2, 0.25) is 0 Å². The lowest BCUT2D eigenvalue weighted by Gasteiger charge is -2.12. The first kappa shape index (κ1) is 19.2. The zero-order valence-corrected chi connectivity index (χ0v) is 15.4. The lowest BCUT2D eigenvalue weighted by atomic mass is 10.2. The van der Waals surface area contributed by atoms with E-state index in [-0.39, 0.29) is 16.1 Å². The summed E-state index contributed by atoms with van der Waals surface area (Å²) in [4.78, 5) is 11.3. The number of phenolic OH excluding ortho intramolecular Hbond substituents is 1. The molecule has 10 nitrogen and oxygen atoms in total. The number of nitrogens with zero attached hydrogens (tertiary/aromatic N) is 4. The van der Waals surface area contributed by atoms with Crippen molar-refractivity contribution in [2.45, 2.75) is 11.8 Å². The second-order valence-electron chi connectivity index (χ2n) is 5.58. The fourth-order valence-corrected chi connectivity index (χ4v) is 3.44. The van der Waals surface area contributed by atoms with Crippen LogP contribution in [0, 0.1) is 12.7 Å². The van der Waals surface area contributed by atoms with Crippen molar-refractivity contribution in [1.82, 2.24) is 20.2 Å². The molecule has 0 spiro atoms. The number of esters is 1. The van der Waals surface area contributed by atoms with Crippen LogP contribution in [0.15, 0.2) is 41.3 Å². The van der Waals surface area contributed by atoms with E-state index in [1.54, 1.807) is 6.92 Å². The molecular weight excluding hydrogens is 393 g/mol. The molecule has 0 saturated carbocycles. The summed E-state index contributed by atoms with van der Waals surface area (Å²) in [5, 5.41) is 20.6. The van der Waals surface area contributed by atoms with Crippen molar-refractivity contribution in [3.05, 3.63) is 53.6 Å². The maximum absolute atomic E-state index is 14.2. The highest BCUT2D eigenvalue weighted by Gasteiger charge is 2.21. The number of hydrogen-bond acceptors (Lipinski definition) is 8. The Kier molecular flexibility index (Phi) is 4.96. The van der Waals surface area contributed by atoms with Crippen LogP contribution in [0.3, 0.4) is 0 Å². The summed E-state index contributed by atoms with van der Waals surface area (Å²) in [7, 11) is -3.20. The number of aryl methyl sites for hydroxylation is 1. The Bertz CT molecular complexity index is 1160. The van der Waals surface area contributed by atoms with E-state index in [0.717, 1.165) is 31.4 Å².